The van der Waals surface area contributed by atoms with Crippen LogP contribution in [-0.4, -0.2) is 28.9 Å². The van der Waals surface area contributed by atoms with Gasteiger partial charge in [-0.3, -0.25) is 4.79 Å². The molecule has 0 unspecified atom stereocenters. The highest BCUT2D eigenvalue weighted by atomic mass is 32.2. The van der Waals surface area contributed by atoms with Crippen molar-refractivity contribution in [3.05, 3.63) is 30.0 Å². The minimum absolute atomic E-state index is 0.146. The van der Waals surface area contributed by atoms with Gasteiger partial charge < -0.3 is 20.5 Å². The van der Waals surface area contributed by atoms with Crippen LogP contribution in [0.25, 0.3) is 0 Å². The number of thioether (sulfide) groups is 1. The van der Waals surface area contributed by atoms with Gasteiger partial charge in [-0.1, -0.05) is 11.8 Å². The average molecular weight is 304 g/mol. The Morgan fingerprint density at radius 3 is 2.95 bits per heavy atom. The van der Waals surface area contributed by atoms with Crippen LogP contribution in [0.1, 0.15) is 10.4 Å². The van der Waals surface area contributed by atoms with Crippen LogP contribution in [0.5, 0.6) is 11.5 Å². The first-order valence-electron chi connectivity index (χ1n) is 6.05. The molecule has 1 aromatic carbocycles. The molecule has 0 saturated carbocycles. The van der Waals surface area contributed by atoms with E-state index in [4.69, 9.17) is 15.2 Å². The maximum Gasteiger partial charge on any atom is 0.260 e. The van der Waals surface area contributed by atoms with Crippen molar-refractivity contribution in [1.82, 2.24) is 9.97 Å². The Hall–Kier alpha value is -2.48. The largest absolute Gasteiger partial charge is 0.454 e. The fraction of sp³-hybridized carbons (Fsp3) is 0.154. The van der Waals surface area contributed by atoms with E-state index in [0.29, 0.717) is 22.3 Å². The number of benzene rings is 1. The molecule has 2 heterocycles. The van der Waals surface area contributed by atoms with Gasteiger partial charge in [-0.2, -0.15) is 0 Å². The molecule has 3 N–H and O–H groups in total. The summed E-state index contributed by atoms with van der Waals surface area (Å²) in [4.78, 5) is 20.3. The van der Waals surface area contributed by atoms with Crippen LogP contribution < -0.4 is 20.5 Å². The number of nitrogens with two attached hydrogens (primary N) is 1. The quantitative estimate of drug-likeness (QED) is 0.658. The number of rotatable bonds is 3. The summed E-state index contributed by atoms with van der Waals surface area (Å²) in [6.45, 7) is 0.184. The molecule has 21 heavy (non-hydrogen) atoms. The summed E-state index contributed by atoms with van der Waals surface area (Å²) >= 11 is 1.36. The first kappa shape index (κ1) is 13.5. The van der Waals surface area contributed by atoms with Crippen molar-refractivity contribution in [3.63, 3.8) is 0 Å². The predicted molar refractivity (Wildman–Crippen MR) is 78.7 cm³/mol. The van der Waals surface area contributed by atoms with E-state index in [9.17, 15) is 4.79 Å². The molecule has 7 nitrogen and oxygen atoms in total. The Morgan fingerprint density at radius 1 is 1.38 bits per heavy atom. The maximum absolute atomic E-state index is 12.2. The first-order valence-corrected chi connectivity index (χ1v) is 7.27. The molecule has 0 aliphatic carbocycles. The number of fused-ring (bicyclic) bond motifs is 1. The summed E-state index contributed by atoms with van der Waals surface area (Å²) in [5, 5.41) is 3.25. The van der Waals surface area contributed by atoms with Gasteiger partial charge in [0, 0.05) is 18.0 Å². The van der Waals surface area contributed by atoms with Crippen molar-refractivity contribution in [2.24, 2.45) is 0 Å². The second-order valence-corrected chi connectivity index (χ2v) is 4.95. The molecular weight excluding hydrogens is 292 g/mol. The monoisotopic (exact) mass is 304 g/mol. The van der Waals surface area contributed by atoms with E-state index >= 15 is 0 Å². The van der Waals surface area contributed by atoms with E-state index < -0.39 is 0 Å². The van der Waals surface area contributed by atoms with E-state index in [-0.39, 0.29) is 24.1 Å². The van der Waals surface area contributed by atoms with E-state index in [1.165, 1.54) is 18.0 Å². The predicted octanol–water partition coefficient (Wildman–Crippen LogP) is 1.76. The SMILES string of the molecule is CSc1ncc(C(=O)Nc2ccc3c(c2)OCO3)c(N)n1. The van der Waals surface area contributed by atoms with Crippen LogP contribution in [0, 0.1) is 0 Å². The van der Waals surface area contributed by atoms with E-state index in [0.717, 1.165) is 0 Å². The zero-order valence-corrected chi connectivity index (χ0v) is 11.9. The summed E-state index contributed by atoms with van der Waals surface area (Å²) in [7, 11) is 0. The molecule has 0 radical (unpaired) electrons. The van der Waals surface area contributed by atoms with Crippen LogP contribution in [0.3, 0.4) is 0 Å². The van der Waals surface area contributed by atoms with Gasteiger partial charge in [-0.15, -0.1) is 0 Å². The van der Waals surface area contributed by atoms with E-state index in [1.54, 1.807) is 18.2 Å². The van der Waals surface area contributed by atoms with E-state index in [1.807, 2.05) is 6.26 Å². The Bertz CT molecular complexity index is 708. The number of nitrogen functional groups attached to an aromatic ring is 1. The molecule has 1 aliphatic rings. The zero-order chi connectivity index (χ0) is 14.8. The summed E-state index contributed by atoms with van der Waals surface area (Å²) in [5.41, 5.74) is 6.58. The number of anilines is 2. The second-order valence-electron chi connectivity index (χ2n) is 4.18. The molecule has 0 spiro atoms. The van der Waals surface area contributed by atoms with Crippen molar-refractivity contribution in [1.29, 1.82) is 0 Å². The lowest BCUT2D eigenvalue weighted by Gasteiger charge is -2.08. The second kappa shape index (κ2) is 5.49. The first-order chi connectivity index (χ1) is 10.2. The Labute approximate surface area is 124 Å². The number of hydrogen-bond donors (Lipinski definition) is 2. The molecule has 1 aliphatic heterocycles. The third-order valence-corrected chi connectivity index (χ3v) is 3.42. The van der Waals surface area contributed by atoms with Crippen LogP contribution in [0.2, 0.25) is 0 Å². The van der Waals surface area contributed by atoms with E-state index in [2.05, 4.69) is 15.3 Å². The third kappa shape index (κ3) is 2.70. The van der Waals surface area contributed by atoms with Gasteiger partial charge in [0.1, 0.15) is 11.4 Å². The minimum Gasteiger partial charge on any atom is -0.454 e. The maximum atomic E-state index is 12.2. The molecule has 108 valence electrons. The lowest BCUT2D eigenvalue weighted by Crippen LogP contribution is -2.15. The molecule has 3 rings (SSSR count). The van der Waals surface area contributed by atoms with Crippen molar-refractivity contribution in [3.8, 4) is 11.5 Å². The van der Waals surface area contributed by atoms with Gasteiger partial charge in [-0.25, -0.2) is 9.97 Å². The summed E-state index contributed by atoms with van der Waals surface area (Å²) in [5.74, 6) is 1.02. The van der Waals surface area contributed by atoms with Gasteiger partial charge in [0.05, 0.1) is 0 Å². The van der Waals surface area contributed by atoms with Gasteiger partial charge in [-0.05, 0) is 18.4 Å². The van der Waals surface area contributed by atoms with Crippen LogP contribution in [-0.2, 0) is 0 Å². The topological polar surface area (TPSA) is 99.4 Å². The molecule has 0 bridgehead atoms. The standard InChI is InChI=1S/C13H12N4O3S/c1-21-13-15-5-8(11(14)17-13)12(18)16-7-2-3-9-10(4-7)20-6-19-9/h2-5H,6H2,1H3,(H,16,18)(H2,14,15,17). The Morgan fingerprint density at radius 2 is 2.19 bits per heavy atom. The molecule has 2 aromatic rings. The lowest BCUT2D eigenvalue weighted by molar-refractivity contribution is 0.102. The number of ether oxygens (including phenoxy) is 2. The molecular formula is C13H12N4O3S. The van der Waals surface area contributed by atoms with Crippen LogP contribution in [0.15, 0.2) is 29.6 Å². The van der Waals surface area contributed by atoms with Gasteiger partial charge >= 0.3 is 0 Å². The number of nitrogens with one attached hydrogen (secondary N) is 1. The number of hydrogen-bond acceptors (Lipinski definition) is 7. The fourth-order valence-corrected chi connectivity index (χ4v) is 2.17. The highest BCUT2D eigenvalue weighted by Gasteiger charge is 2.16. The Balaban J connectivity index is 1.80. The van der Waals surface area contributed by atoms with Gasteiger partial charge in [0.2, 0.25) is 6.79 Å². The minimum atomic E-state index is -0.376. The number of nitrogens with zero attached hydrogens (tertiary/aromatic N) is 2. The van der Waals surface area contributed by atoms with Crippen molar-refractivity contribution in [2.75, 3.05) is 24.1 Å². The Kier molecular flexibility index (Phi) is 3.53. The normalized spacial score (nSPS) is 12.2. The summed E-state index contributed by atoms with van der Waals surface area (Å²) in [6.07, 6.45) is 3.25. The molecule has 1 aromatic heterocycles. The fourth-order valence-electron chi connectivity index (χ4n) is 1.82. The molecule has 0 atom stereocenters. The number of amides is 1. The third-order valence-electron chi connectivity index (χ3n) is 2.85. The molecule has 0 saturated heterocycles. The van der Waals surface area contributed by atoms with Gasteiger partial charge in [0.15, 0.2) is 16.7 Å². The number of aromatic nitrogens is 2. The smallest absolute Gasteiger partial charge is 0.260 e. The highest BCUT2D eigenvalue weighted by Crippen LogP contribution is 2.34. The zero-order valence-electron chi connectivity index (χ0n) is 11.1. The van der Waals surface area contributed by atoms with Gasteiger partial charge in [0.25, 0.3) is 5.91 Å². The molecule has 0 fully saturated rings. The highest BCUT2D eigenvalue weighted by molar-refractivity contribution is 7.98. The summed E-state index contributed by atoms with van der Waals surface area (Å²) < 4.78 is 10.5. The van der Waals surface area contributed by atoms with Crippen LogP contribution >= 0.6 is 11.8 Å². The molecule has 1 amide bonds. The van der Waals surface area contributed by atoms with Crippen molar-refractivity contribution < 1.29 is 14.3 Å². The average Bonchev–Trinajstić information content (AvgIpc) is 2.94. The van der Waals surface area contributed by atoms with Crippen molar-refractivity contribution >= 4 is 29.2 Å². The van der Waals surface area contributed by atoms with Crippen LogP contribution in [0.4, 0.5) is 11.5 Å². The lowest BCUT2D eigenvalue weighted by atomic mass is 10.2. The van der Waals surface area contributed by atoms with Crippen molar-refractivity contribution in [2.45, 2.75) is 5.16 Å². The summed E-state index contributed by atoms with van der Waals surface area (Å²) in [6, 6.07) is 5.14. The number of carbonyl (C=O) groups is 1. The molecule has 8 heteroatoms. The number of carbonyl (C=O) groups excluding carboxylic acids is 1.